The Morgan fingerprint density at radius 1 is 0.893 bits per heavy atom. The predicted molar refractivity (Wildman–Crippen MR) is 210 cm³/mol. The van der Waals surface area contributed by atoms with Gasteiger partial charge >= 0.3 is 5.97 Å². The number of halogens is 2. The first-order valence-corrected chi connectivity index (χ1v) is 21.1. The molecule has 4 bridgehead atoms. The molecule has 298 valence electrons. The number of allylic oxidation sites excluding steroid dienone is 4. The molecule has 2 spiro atoms. The van der Waals surface area contributed by atoms with Crippen LogP contribution >= 0.6 is 11.6 Å². The smallest absolute Gasteiger partial charge is 0.313 e. The summed E-state index contributed by atoms with van der Waals surface area (Å²) in [5.74, 6) is -1.40. The number of rotatable bonds is 8. The second kappa shape index (κ2) is 12.1. The molecule has 8 aliphatic rings. The van der Waals surface area contributed by atoms with Gasteiger partial charge in [-0.1, -0.05) is 93.9 Å². The van der Waals surface area contributed by atoms with Crippen LogP contribution < -0.4 is 0 Å². The zero-order valence-corrected chi connectivity index (χ0v) is 34.1. The van der Waals surface area contributed by atoms with Crippen molar-refractivity contribution in [3.8, 4) is 0 Å². The van der Waals surface area contributed by atoms with Crippen LogP contribution in [0.5, 0.6) is 0 Å². The van der Waals surface area contributed by atoms with E-state index in [9.17, 15) is 19.8 Å². The van der Waals surface area contributed by atoms with Gasteiger partial charge in [-0.25, -0.2) is 4.39 Å². The van der Waals surface area contributed by atoms with Crippen molar-refractivity contribution < 1.29 is 33.7 Å². The van der Waals surface area contributed by atoms with E-state index in [0.29, 0.717) is 50.5 Å². The summed E-state index contributed by atoms with van der Waals surface area (Å²) in [7, 11) is 0. The molecule has 5 fully saturated rings. The van der Waals surface area contributed by atoms with Gasteiger partial charge in [0, 0.05) is 50.8 Å². The lowest BCUT2D eigenvalue weighted by Crippen LogP contribution is -2.68. The lowest BCUT2D eigenvalue weighted by atomic mass is 9.32. The molecule has 7 nitrogen and oxygen atoms in total. The number of aliphatic hydroxyl groups is 2. The van der Waals surface area contributed by atoms with Crippen LogP contribution in [-0.2, 0) is 32.1 Å². The average molecular weight is 784 g/mol. The maximum absolute atomic E-state index is 15.3. The number of carbonyl (C=O) groups is 3. The van der Waals surface area contributed by atoms with Gasteiger partial charge in [-0.15, -0.1) is 0 Å². The van der Waals surface area contributed by atoms with E-state index in [4.69, 9.17) is 16.3 Å². The molecule has 2 aromatic carbocycles. The molecule has 1 saturated heterocycles. The van der Waals surface area contributed by atoms with Crippen LogP contribution in [-0.4, -0.2) is 56.6 Å². The zero-order chi connectivity index (χ0) is 39.9. The van der Waals surface area contributed by atoms with Crippen LogP contribution in [0, 0.1) is 50.1 Å². The Morgan fingerprint density at radius 2 is 1.59 bits per heavy atom. The lowest BCUT2D eigenvalue weighted by Gasteiger charge is -2.71. The maximum atomic E-state index is 15.3. The monoisotopic (exact) mass is 783 g/mol. The van der Waals surface area contributed by atoms with Crippen molar-refractivity contribution in [3.05, 3.63) is 94.3 Å². The molecule has 1 unspecified atom stereocenters. The molecule has 1 aliphatic heterocycles. The molecule has 2 N–H and O–H groups in total. The largest absolute Gasteiger partial charge is 0.448 e. The van der Waals surface area contributed by atoms with Crippen LogP contribution in [0.3, 0.4) is 0 Å². The second-order valence-corrected chi connectivity index (χ2v) is 20.3. The Morgan fingerprint density at radius 3 is 2.27 bits per heavy atom. The fourth-order valence-corrected chi connectivity index (χ4v) is 14.1. The number of aliphatic hydroxyl groups excluding tert-OH is 1. The molecule has 10 atom stereocenters. The van der Waals surface area contributed by atoms with Gasteiger partial charge in [0.05, 0.1) is 23.7 Å². The molecular weight excluding hydrogens is 729 g/mol. The van der Waals surface area contributed by atoms with Crippen molar-refractivity contribution in [1.29, 1.82) is 0 Å². The summed E-state index contributed by atoms with van der Waals surface area (Å²) in [6.07, 6.45) is 11.4. The predicted octanol–water partition coefficient (Wildman–Crippen LogP) is 8.33. The minimum Gasteiger partial charge on any atom is -0.448 e. The number of esters is 1. The molecule has 7 aliphatic carbocycles. The molecule has 2 aromatic rings. The number of amides is 1. The van der Waals surface area contributed by atoms with Crippen LogP contribution in [0.25, 0.3) is 0 Å². The molecule has 1 amide bonds. The van der Waals surface area contributed by atoms with E-state index < -0.39 is 50.2 Å². The Labute approximate surface area is 334 Å². The molecular formula is C47H55ClFNO6. The van der Waals surface area contributed by atoms with E-state index in [2.05, 4.69) is 32.1 Å². The quantitative estimate of drug-likeness (QED) is 0.206. The van der Waals surface area contributed by atoms with Crippen molar-refractivity contribution in [2.75, 3.05) is 6.54 Å². The second-order valence-electron chi connectivity index (χ2n) is 19.9. The highest BCUT2D eigenvalue weighted by Gasteiger charge is 2.78. The fraction of sp³-hybridized carbons (Fsp3) is 0.596. The van der Waals surface area contributed by atoms with Crippen LogP contribution in [0.2, 0.25) is 5.02 Å². The van der Waals surface area contributed by atoms with Gasteiger partial charge in [-0.05, 0) is 99.7 Å². The van der Waals surface area contributed by atoms with Gasteiger partial charge in [0.15, 0.2) is 11.4 Å². The van der Waals surface area contributed by atoms with E-state index in [1.54, 1.807) is 17.0 Å². The molecule has 10 rings (SSSR count). The summed E-state index contributed by atoms with van der Waals surface area (Å²) in [5.41, 5.74) is -4.68. The SMILES string of the molecule is CC1(C)[C@@]2(C)CC[C@]1(C(=O)N(Cc1ccccc1)C[C@]1(O)CC[C@H]3[C@]45C=C[C@@]6(C=C4C(=O)Cc4c(F)cccc4Cl)CC(O)CC[C@]6(C)[C@H]5CC[C@@]31C)OC2=O. The number of ether oxygens (including phenoxy) is 1. The lowest BCUT2D eigenvalue weighted by molar-refractivity contribution is -0.188. The number of fused-ring (bicyclic) bond motifs is 3. The minimum absolute atomic E-state index is 0.0511. The first-order valence-electron chi connectivity index (χ1n) is 20.7. The summed E-state index contributed by atoms with van der Waals surface area (Å²) < 4.78 is 21.4. The number of hydrogen-bond donors (Lipinski definition) is 2. The van der Waals surface area contributed by atoms with Crippen molar-refractivity contribution in [3.63, 3.8) is 0 Å². The maximum Gasteiger partial charge on any atom is 0.313 e. The first-order chi connectivity index (χ1) is 26.3. The van der Waals surface area contributed by atoms with Crippen molar-refractivity contribution >= 4 is 29.3 Å². The number of ketones is 1. The third-order valence-corrected chi connectivity index (χ3v) is 18.2. The standard InChI is InChI=1S/C47H55ClFNO6/c1-40(2)43(5)20-23-47(40,56-39(43)54)38(53)50(27-29-10-7-6-8-11-29)28-45(55)19-16-37-42(45,4)18-15-36-41(3)17-14-30(51)25-44(41)21-22-46(36,37)32(26-44)35(52)24-31-33(48)12-9-13-34(31)49/h6-13,21-22,26,30,36-37,51,55H,14-20,23-25,27-28H2,1-5H3/t30?,36-,37-,41-,42+,43+,44+,45-,46-,47-/m1/s1. The molecule has 56 heavy (non-hydrogen) atoms. The van der Waals surface area contributed by atoms with Gasteiger partial charge < -0.3 is 19.8 Å². The number of hydrogen-bond acceptors (Lipinski definition) is 6. The number of nitrogens with zero attached hydrogens (tertiary/aromatic N) is 1. The topological polar surface area (TPSA) is 104 Å². The fourth-order valence-electron chi connectivity index (χ4n) is 13.9. The van der Waals surface area contributed by atoms with E-state index >= 15 is 9.18 Å². The normalized spacial score (nSPS) is 42.4. The Kier molecular flexibility index (Phi) is 8.26. The van der Waals surface area contributed by atoms with E-state index in [0.717, 1.165) is 18.4 Å². The number of Topliss-reactive ketones (excluding diaryl/α,β-unsaturated/α-hetero) is 1. The molecule has 0 aromatic heterocycles. The highest BCUT2D eigenvalue weighted by molar-refractivity contribution is 6.31. The van der Waals surface area contributed by atoms with Crippen molar-refractivity contribution in [2.24, 2.45) is 44.3 Å². The van der Waals surface area contributed by atoms with E-state index in [1.165, 1.54) is 6.07 Å². The Hall–Kier alpha value is -3.33. The molecule has 4 saturated carbocycles. The number of carbonyl (C=O) groups excluding carboxylic acids is 3. The van der Waals surface area contributed by atoms with Crippen LogP contribution in [0.4, 0.5) is 4.39 Å². The third kappa shape index (κ3) is 4.61. The van der Waals surface area contributed by atoms with Gasteiger partial charge in [-0.2, -0.15) is 0 Å². The Bertz CT molecular complexity index is 2080. The van der Waals surface area contributed by atoms with Crippen LogP contribution in [0.15, 0.2) is 72.3 Å². The van der Waals surface area contributed by atoms with Gasteiger partial charge in [0.25, 0.3) is 5.91 Å². The molecule has 9 heteroatoms. The summed E-state index contributed by atoms with van der Waals surface area (Å²) in [6, 6.07) is 14.2. The summed E-state index contributed by atoms with van der Waals surface area (Å²) in [4.78, 5) is 45.2. The summed E-state index contributed by atoms with van der Waals surface area (Å²) in [6.45, 7) is 10.6. The Balaban J connectivity index is 1.12. The summed E-state index contributed by atoms with van der Waals surface area (Å²) >= 11 is 6.51. The highest BCUT2D eigenvalue weighted by atomic mass is 35.5. The average Bonchev–Trinajstić information content (AvgIpc) is 3.61. The zero-order valence-electron chi connectivity index (χ0n) is 33.3. The number of benzene rings is 2. The van der Waals surface area contributed by atoms with Crippen molar-refractivity contribution in [2.45, 2.75) is 123 Å². The van der Waals surface area contributed by atoms with E-state index in [1.807, 2.05) is 51.1 Å². The summed E-state index contributed by atoms with van der Waals surface area (Å²) in [5, 5.41) is 24.6. The van der Waals surface area contributed by atoms with Gasteiger partial charge in [-0.3, -0.25) is 14.4 Å². The van der Waals surface area contributed by atoms with Gasteiger partial charge in [0.2, 0.25) is 0 Å². The molecule has 1 heterocycles. The molecule has 0 radical (unpaired) electrons. The first kappa shape index (κ1) is 38.2. The highest BCUT2D eigenvalue weighted by Crippen LogP contribution is 2.78. The van der Waals surface area contributed by atoms with Gasteiger partial charge in [0.1, 0.15) is 5.82 Å². The minimum atomic E-state index is -1.34. The van der Waals surface area contributed by atoms with E-state index in [-0.39, 0.29) is 65.0 Å². The van der Waals surface area contributed by atoms with Crippen LogP contribution in [0.1, 0.15) is 104 Å². The van der Waals surface area contributed by atoms with Crippen molar-refractivity contribution in [1.82, 2.24) is 4.90 Å². The third-order valence-electron chi connectivity index (χ3n) is 17.8.